The molecule has 126 valence electrons. The Morgan fingerprint density at radius 1 is 0.800 bits per heavy atom. The molecule has 0 aliphatic heterocycles. The summed E-state index contributed by atoms with van der Waals surface area (Å²) in [7, 11) is 3.80. The van der Waals surface area contributed by atoms with E-state index in [1.807, 2.05) is 61.5 Å². The molecule has 0 aromatic heterocycles. The van der Waals surface area contributed by atoms with Gasteiger partial charge in [0.25, 0.3) is 11.8 Å². The first-order valence-electron chi connectivity index (χ1n) is 7.92. The molecular formula is C20H19N3O2. The summed E-state index contributed by atoms with van der Waals surface area (Å²) in [5.74, 6) is -0.716. The predicted octanol–water partition coefficient (Wildman–Crippen LogP) is 2.98. The average molecular weight is 333 g/mol. The lowest BCUT2D eigenvalue weighted by atomic mass is 10.0. The van der Waals surface area contributed by atoms with Crippen LogP contribution in [0.4, 0.5) is 5.69 Å². The molecule has 3 aromatic carbocycles. The van der Waals surface area contributed by atoms with Gasteiger partial charge < -0.3 is 4.90 Å². The molecule has 0 unspecified atom stereocenters. The number of amides is 2. The number of carbonyl (C=O) groups excluding carboxylic acids is 2. The zero-order chi connectivity index (χ0) is 17.8. The maximum absolute atomic E-state index is 12.4. The third-order valence-electron chi connectivity index (χ3n) is 3.95. The van der Waals surface area contributed by atoms with Crippen molar-refractivity contribution in [2.24, 2.45) is 0 Å². The number of nitrogens with one attached hydrogen (secondary N) is 2. The van der Waals surface area contributed by atoms with Gasteiger partial charge in [0.2, 0.25) is 0 Å². The highest BCUT2D eigenvalue weighted by molar-refractivity contribution is 6.08. The van der Waals surface area contributed by atoms with Gasteiger partial charge in [0.15, 0.2) is 0 Å². The highest BCUT2D eigenvalue weighted by Gasteiger charge is 2.12. The molecule has 2 N–H and O–H groups in total. The summed E-state index contributed by atoms with van der Waals surface area (Å²) in [6, 6.07) is 20.3. The van der Waals surface area contributed by atoms with Gasteiger partial charge in [-0.1, -0.05) is 42.5 Å². The molecule has 0 aliphatic rings. The Morgan fingerprint density at radius 3 is 2.28 bits per heavy atom. The third-order valence-corrected chi connectivity index (χ3v) is 3.95. The molecule has 0 bridgehead atoms. The summed E-state index contributed by atoms with van der Waals surface area (Å²) in [5.41, 5.74) is 6.86. The van der Waals surface area contributed by atoms with Crippen molar-refractivity contribution in [2.45, 2.75) is 0 Å². The quantitative estimate of drug-likeness (QED) is 0.725. The van der Waals surface area contributed by atoms with Crippen LogP contribution >= 0.6 is 0 Å². The molecule has 0 aliphatic carbocycles. The fraction of sp³-hybridized carbons (Fsp3) is 0.100. The van der Waals surface area contributed by atoms with Crippen LogP contribution in [0.1, 0.15) is 20.7 Å². The van der Waals surface area contributed by atoms with E-state index in [9.17, 15) is 9.59 Å². The Labute approximate surface area is 146 Å². The summed E-state index contributed by atoms with van der Waals surface area (Å²) in [6.45, 7) is 0. The van der Waals surface area contributed by atoms with E-state index >= 15 is 0 Å². The van der Waals surface area contributed by atoms with Crippen LogP contribution in [0, 0.1) is 0 Å². The van der Waals surface area contributed by atoms with Gasteiger partial charge in [-0.15, -0.1) is 0 Å². The van der Waals surface area contributed by atoms with Crippen molar-refractivity contribution in [3.8, 4) is 0 Å². The van der Waals surface area contributed by atoms with E-state index in [1.54, 1.807) is 24.3 Å². The maximum Gasteiger partial charge on any atom is 0.270 e. The second-order valence-corrected chi connectivity index (χ2v) is 5.88. The minimum absolute atomic E-state index is 0.353. The van der Waals surface area contributed by atoms with Crippen molar-refractivity contribution in [2.75, 3.05) is 19.0 Å². The van der Waals surface area contributed by atoms with E-state index in [0.717, 1.165) is 16.5 Å². The smallest absolute Gasteiger partial charge is 0.270 e. The van der Waals surface area contributed by atoms with E-state index in [2.05, 4.69) is 10.9 Å². The van der Waals surface area contributed by atoms with Crippen LogP contribution in [0.25, 0.3) is 10.8 Å². The van der Waals surface area contributed by atoms with Crippen LogP contribution in [0.5, 0.6) is 0 Å². The Kier molecular flexibility index (Phi) is 4.66. The summed E-state index contributed by atoms with van der Waals surface area (Å²) in [4.78, 5) is 26.6. The zero-order valence-electron chi connectivity index (χ0n) is 14.1. The first kappa shape index (κ1) is 16.5. The summed E-state index contributed by atoms with van der Waals surface area (Å²) < 4.78 is 0. The van der Waals surface area contributed by atoms with E-state index in [4.69, 9.17) is 0 Å². The molecule has 0 saturated carbocycles. The second kappa shape index (κ2) is 7.05. The fourth-order valence-corrected chi connectivity index (χ4v) is 2.60. The number of anilines is 1. The highest BCUT2D eigenvalue weighted by Crippen LogP contribution is 2.18. The van der Waals surface area contributed by atoms with Crippen molar-refractivity contribution < 1.29 is 9.59 Å². The number of hydrazine groups is 1. The third kappa shape index (κ3) is 3.61. The Bertz CT molecular complexity index is 930. The van der Waals surface area contributed by atoms with Crippen molar-refractivity contribution in [1.82, 2.24) is 10.9 Å². The lowest BCUT2D eigenvalue weighted by Crippen LogP contribution is -2.41. The molecule has 0 saturated heterocycles. The van der Waals surface area contributed by atoms with Gasteiger partial charge in [0.05, 0.1) is 0 Å². The first-order chi connectivity index (χ1) is 12.1. The molecular weight excluding hydrogens is 314 g/mol. The van der Waals surface area contributed by atoms with Gasteiger partial charge in [0, 0.05) is 30.9 Å². The number of nitrogens with zero attached hydrogens (tertiary/aromatic N) is 1. The largest absolute Gasteiger partial charge is 0.378 e. The van der Waals surface area contributed by atoms with Crippen LogP contribution in [0.15, 0.2) is 66.7 Å². The molecule has 0 fully saturated rings. The molecule has 0 radical (unpaired) electrons. The maximum atomic E-state index is 12.4. The first-order valence-corrected chi connectivity index (χ1v) is 7.92. The van der Waals surface area contributed by atoms with Gasteiger partial charge >= 0.3 is 0 Å². The standard InChI is InChI=1S/C20H19N3O2/c1-23(2)16-10-5-9-15(13-16)19(24)21-22-20(25)18-12-6-8-14-7-3-4-11-17(14)18/h3-13H,1-2H3,(H,21,24)(H,22,25). The van der Waals surface area contributed by atoms with Gasteiger partial charge in [-0.3, -0.25) is 20.4 Å². The van der Waals surface area contributed by atoms with Gasteiger partial charge in [-0.2, -0.15) is 0 Å². The minimum atomic E-state index is -0.364. The topological polar surface area (TPSA) is 61.4 Å². The Hall–Kier alpha value is -3.34. The molecule has 2 amide bonds. The molecule has 0 spiro atoms. The molecule has 3 rings (SSSR count). The summed E-state index contributed by atoms with van der Waals surface area (Å²) >= 11 is 0. The molecule has 3 aromatic rings. The average Bonchev–Trinajstić information content (AvgIpc) is 2.65. The van der Waals surface area contributed by atoms with E-state index < -0.39 is 0 Å². The SMILES string of the molecule is CN(C)c1cccc(C(=O)NNC(=O)c2cccc3ccccc23)c1. The van der Waals surface area contributed by atoms with Crippen molar-refractivity contribution in [3.63, 3.8) is 0 Å². The summed E-state index contributed by atoms with van der Waals surface area (Å²) in [6.07, 6.45) is 0. The van der Waals surface area contributed by atoms with Crippen molar-refractivity contribution in [3.05, 3.63) is 77.9 Å². The normalized spacial score (nSPS) is 10.3. The zero-order valence-corrected chi connectivity index (χ0v) is 14.1. The Morgan fingerprint density at radius 2 is 1.48 bits per heavy atom. The monoisotopic (exact) mass is 333 g/mol. The van der Waals surface area contributed by atoms with Crippen LogP contribution in [0.2, 0.25) is 0 Å². The van der Waals surface area contributed by atoms with Gasteiger partial charge in [-0.05, 0) is 35.0 Å². The fourth-order valence-electron chi connectivity index (χ4n) is 2.60. The lowest BCUT2D eigenvalue weighted by Gasteiger charge is -2.14. The number of hydrogen-bond acceptors (Lipinski definition) is 3. The van der Waals surface area contributed by atoms with E-state index in [0.29, 0.717) is 11.1 Å². The van der Waals surface area contributed by atoms with Crippen molar-refractivity contribution in [1.29, 1.82) is 0 Å². The molecule has 25 heavy (non-hydrogen) atoms. The lowest BCUT2D eigenvalue weighted by molar-refractivity contribution is 0.0847. The Balaban J connectivity index is 1.73. The van der Waals surface area contributed by atoms with Crippen molar-refractivity contribution >= 4 is 28.3 Å². The second-order valence-electron chi connectivity index (χ2n) is 5.88. The molecule has 5 heteroatoms. The highest BCUT2D eigenvalue weighted by atomic mass is 16.2. The van der Waals surface area contributed by atoms with Crippen LogP contribution in [0.3, 0.4) is 0 Å². The van der Waals surface area contributed by atoms with Gasteiger partial charge in [-0.25, -0.2) is 0 Å². The molecule has 0 heterocycles. The van der Waals surface area contributed by atoms with E-state index in [1.165, 1.54) is 0 Å². The van der Waals surface area contributed by atoms with E-state index in [-0.39, 0.29) is 11.8 Å². The predicted molar refractivity (Wildman–Crippen MR) is 99.6 cm³/mol. The number of fused-ring (bicyclic) bond motifs is 1. The molecule has 5 nitrogen and oxygen atoms in total. The number of hydrogen-bond donors (Lipinski definition) is 2. The molecule has 0 atom stereocenters. The number of carbonyl (C=O) groups is 2. The number of benzene rings is 3. The minimum Gasteiger partial charge on any atom is -0.378 e. The number of rotatable bonds is 3. The summed E-state index contributed by atoms with van der Waals surface area (Å²) in [5, 5.41) is 1.81. The van der Waals surface area contributed by atoms with Gasteiger partial charge in [0.1, 0.15) is 0 Å². The van der Waals surface area contributed by atoms with Crippen LogP contribution in [-0.2, 0) is 0 Å². The van der Waals surface area contributed by atoms with Crippen LogP contribution in [-0.4, -0.2) is 25.9 Å². The van der Waals surface area contributed by atoms with Crippen LogP contribution < -0.4 is 15.8 Å².